The first kappa shape index (κ1) is 13.3. The third-order valence-electron chi connectivity index (χ3n) is 2.65. The molecule has 6 nitrogen and oxygen atoms in total. The zero-order valence-corrected chi connectivity index (χ0v) is 11.2. The van der Waals surface area contributed by atoms with E-state index in [4.69, 9.17) is 0 Å². The third kappa shape index (κ3) is 2.90. The number of nitrogens with zero attached hydrogens (tertiary/aromatic N) is 4. The van der Waals surface area contributed by atoms with Gasteiger partial charge in [-0.1, -0.05) is 11.3 Å². The number of hydrogen-bond acceptors (Lipinski definition) is 6. The Labute approximate surface area is 121 Å². The molecular formula is C13H7FN4O2S. The molecule has 0 N–H and O–H groups in total. The Morgan fingerprint density at radius 1 is 1.14 bits per heavy atom. The lowest BCUT2D eigenvalue weighted by Gasteiger charge is -1.89. The Morgan fingerprint density at radius 3 is 2.62 bits per heavy atom. The number of halogens is 1. The minimum atomic E-state index is -0.459. The number of fused-ring (bicyclic) bond motifs is 1. The molecule has 0 aliphatic carbocycles. The van der Waals surface area contributed by atoms with E-state index in [0.717, 1.165) is 0 Å². The van der Waals surface area contributed by atoms with E-state index in [1.165, 1.54) is 47.7 Å². The molecule has 0 spiro atoms. The molecule has 0 aliphatic rings. The van der Waals surface area contributed by atoms with Crippen molar-refractivity contribution in [3.8, 4) is 0 Å². The highest BCUT2D eigenvalue weighted by molar-refractivity contribution is 7.21. The molecule has 8 heteroatoms. The van der Waals surface area contributed by atoms with Gasteiger partial charge in [0.25, 0.3) is 5.69 Å². The summed E-state index contributed by atoms with van der Waals surface area (Å²) in [7, 11) is 0. The quantitative estimate of drug-likeness (QED) is 0.397. The van der Waals surface area contributed by atoms with Crippen molar-refractivity contribution < 1.29 is 9.31 Å². The minimum absolute atomic E-state index is 0.00757. The van der Waals surface area contributed by atoms with Crippen molar-refractivity contribution in [3.05, 3.63) is 58.4 Å². The number of non-ortho nitro benzene ring substituents is 1. The van der Waals surface area contributed by atoms with Crippen LogP contribution in [0.3, 0.4) is 0 Å². The molecule has 3 rings (SSSR count). The minimum Gasteiger partial charge on any atom is -0.258 e. The van der Waals surface area contributed by atoms with Gasteiger partial charge in [0, 0.05) is 12.1 Å². The second-order valence-corrected chi connectivity index (χ2v) is 5.09. The van der Waals surface area contributed by atoms with Gasteiger partial charge in [-0.25, -0.2) is 9.37 Å². The maximum absolute atomic E-state index is 12.8. The summed E-state index contributed by atoms with van der Waals surface area (Å²) in [5.41, 5.74) is 1.13. The van der Waals surface area contributed by atoms with Gasteiger partial charge < -0.3 is 0 Å². The van der Waals surface area contributed by atoms with Gasteiger partial charge in [-0.2, -0.15) is 0 Å². The van der Waals surface area contributed by atoms with Crippen LogP contribution >= 0.6 is 11.3 Å². The van der Waals surface area contributed by atoms with Gasteiger partial charge in [-0.3, -0.25) is 10.1 Å². The summed E-state index contributed by atoms with van der Waals surface area (Å²) in [6, 6.07) is 9.98. The second-order valence-electron chi connectivity index (χ2n) is 4.08. The Morgan fingerprint density at radius 2 is 1.90 bits per heavy atom. The lowest BCUT2D eigenvalue weighted by atomic mass is 10.3. The van der Waals surface area contributed by atoms with E-state index in [9.17, 15) is 14.5 Å². The van der Waals surface area contributed by atoms with E-state index < -0.39 is 4.92 Å². The third-order valence-corrected chi connectivity index (χ3v) is 3.55. The number of nitro groups is 1. The predicted molar refractivity (Wildman–Crippen MR) is 76.9 cm³/mol. The number of aromatic nitrogens is 1. The van der Waals surface area contributed by atoms with Gasteiger partial charge >= 0.3 is 0 Å². The van der Waals surface area contributed by atoms with Gasteiger partial charge in [0.2, 0.25) is 5.13 Å². The summed E-state index contributed by atoms with van der Waals surface area (Å²) < 4.78 is 13.4. The Hall–Kier alpha value is -2.74. The SMILES string of the molecule is O=[N+]([O-])c1ccc2nc(N=Nc3ccc(F)cc3)sc2c1. The van der Waals surface area contributed by atoms with Crippen LogP contribution in [0.15, 0.2) is 52.7 Å². The average molecular weight is 302 g/mol. The number of hydrogen-bond donors (Lipinski definition) is 0. The molecule has 2 aromatic carbocycles. The summed E-state index contributed by atoms with van der Waals surface area (Å²) >= 11 is 1.20. The van der Waals surface area contributed by atoms with Crippen molar-refractivity contribution >= 4 is 38.1 Å². The van der Waals surface area contributed by atoms with Crippen molar-refractivity contribution in [2.24, 2.45) is 10.2 Å². The van der Waals surface area contributed by atoms with Crippen molar-refractivity contribution in [1.82, 2.24) is 4.98 Å². The smallest absolute Gasteiger partial charge is 0.258 e. The highest BCUT2D eigenvalue weighted by atomic mass is 32.1. The molecule has 3 aromatic rings. The van der Waals surface area contributed by atoms with E-state index in [2.05, 4.69) is 15.2 Å². The van der Waals surface area contributed by atoms with Crippen LogP contribution in [0.2, 0.25) is 0 Å². The highest BCUT2D eigenvalue weighted by Gasteiger charge is 2.09. The number of rotatable bonds is 3. The van der Waals surface area contributed by atoms with Crippen LogP contribution in [-0.2, 0) is 0 Å². The first-order valence-electron chi connectivity index (χ1n) is 5.84. The number of benzene rings is 2. The standard InChI is InChI=1S/C13H7FN4O2S/c14-8-1-3-9(4-2-8)16-17-13-15-11-6-5-10(18(19)20)7-12(11)21-13/h1-7H. The number of nitro benzene ring substituents is 1. The molecule has 0 radical (unpaired) electrons. The van der Waals surface area contributed by atoms with Gasteiger partial charge in [-0.15, -0.1) is 10.2 Å². The van der Waals surface area contributed by atoms with Crippen LogP contribution < -0.4 is 0 Å². The number of thiazole rings is 1. The Balaban J connectivity index is 1.90. The van der Waals surface area contributed by atoms with Crippen molar-refractivity contribution in [1.29, 1.82) is 0 Å². The van der Waals surface area contributed by atoms with Crippen LogP contribution in [-0.4, -0.2) is 9.91 Å². The van der Waals surface area contributed by atoms with Crippen molar-refractivity contribution in [3.63, 3.8) is 0 Å². The average Bonchev–Trinajstić information content (AvgIpc) is 2.88. The molecule has 0 amide bonds. The van der Waals surface area contributed by atoms with Crippen molar-refractivity contribution in [2.45, 2.75) is 0 Å². The second kappa shape index (κ2) is 5.33. The molecule has 21 heavy (non-hydrogen) atoms. The zero-order valence-electron chi connectivity index (χ0n) is 10.4. The highest BCUT2D eigenvalue weighted by Crippen LogP contribution is 2.31. The number of azo groups is 1. The lowest BCUT2D eigenvalue weighted by Crippen LogP contribution is -1.85. The molecule has 1 aromatic heterocycles. The summed E-state index contributed by atoms with van der Waals surface area (Å²) in [6.07, 6.45) is 0. The lowest BCUT2D eigenvalue weighted by molar-refractivity contribution is -0.384. The van der Waals surface area contributed by atoms with Gasteiger partial charge in [-0.05, 0) is 30.3 Å². The summed E-state index contributed by atoms with van der Waals surface area (Å²) in [5.74, 6) is -0.346. The fourth-order valence-electron chi connectivity index (χ4n) is 1.67. The van der Waals surface area contributed by atoms with Gasteiger partial charge in [0.1, 0.15) is 5.82 Å². The normalized spacial score (nSPS) is 11.3. The van der Waals surface area contributed by atoms with Crippen LogP contribution in [0, 0.1) is 15.9 Å². The van der Waals surface area contributed by atoms with E-state index in [1.54, 1.807) is 6.07 Å². The summed E-state index contributed by atoms with van der Waals surface area (Å²) in [6.45, 7) is 0. The predicted octanol–water partition coefficient (Wildman–Crippen LogP) is 4.76. The summed E-state index contributed by atoms with van der Waals surface area (Å²) in [5, 5.41) is 19.0. The first-order valence-corrected chi connectivity index (χ1v) is 6.66. The molecule has 0 aliphatic heterocycles. The van der Waals surface area contributed by atoms with Crippen LogP contribution in [0.1, 0.15) is 0 Å². The zero-order chi connectivity index (χ0) is 14.8. The molecule has 1 heterocycles. The monoisotopic (exact) mass is 302 g/mol. The fourth-order valence-corrected chi connectivity index (χ4v) is 2.49. The van der Waals surface area contributed by atoms with Gasteiger partial charge in [0.15, 0.2) is 0 Å². The topological polar surface area (TPSA) is 80.8 Å². The maximum atomic E-state index is 12.8. The Bertz CT molecular complexity index is 845. The molecule has 0 bridgehead atoms. The van der Waals surface area contributed by atoms with Gasteiger partial charge in [0.05, 0.1) is 20.8 Å². The molecule has 0 atom stereocenters. The molecular weight excluding hydrogens is 295 g/mol. The summed E-state index contributed by atoms with van der Waals surface area (Å²) in [4.78, 5) is 14.5. The molecule has 0 saturated carbocycles. The molecule has 0 unspecified atom stereocenters. The van der Waals surface area contributed by atoms with Crippen LogP contribution in [0.4, 0.5) is 20.9 Å². The van der Waals surface area contributed by atoms with E-state index in [0.29, 0.717) is 21.0 Å². The van der Waals surface area contributed by atoms with Crippen LogP contribution in [0.25, 0.3) is 10.2 Å². The van der Waals surface area contributed by atoms with E-state index >= 15 is 0 Å². The fraction of sp³-hybridized carbons (Fsp3) is 0. The van der Waals surface area contributed by atoms with E-state index in [1.807, 2.05) is 0 Å². The first-order chi connectivity index (χ1) is 10.1. The Kier molecular flexibility index (Phi) is 3.36. The van der Waals surface area contributed by atoms with Crippen molar-refractivity contribution in [2.75, 3.05) is 0 Å². The molecule has 0 saturated heterocycles. The van der Waals surface area contributed by atoms with E-state index in [-0.39, 0.29) is 11.5 Å². The molecule has 0 fully saturated rings. The van der Waals surface area contributed by atoms with Crippen LogP contribution in [0.5, 0.6) is 0 Å². The largest absolute Gasteiger partial charge is 0.270 e. The molecule has 104 valence electrons. The maximum Gasteiger partial charge on any atom is 0.270 e.